The summed E-state index contributed by atoms with van der Waals surface area (Å²) in [5, 5.41) is 3.48. The van der Waals surface area contributed by atoms with E-state index in [9.17, 15) is 0 Å². The van der Waals surface area contributed by atoms with E-state index in [4.69, 9.17) is 4.74 Å². The number of likely N-dealkylation sites (tertiary alicyclic amines) is 1. The van der Waals surface area contributed by atoms with E-state index in [0.717, 1.165) is 31.6 Å². The van der Waals surface area contributed by atoms with Gasteiger partial charge in [-0.3, -0.25) is 4.90 Å². The molecule has 0 spiro atoms. The molecule has 3 nitrogen and oxygen atoms in total. The molecule has 0 amide bonds. The Morgan fingerprint density at radius 2 is 1.95 bits per heavy atom. The van der Waals surface area contributed by atoms with Crippen LogP contribution in [0.1, 0.15) is 52.9 Å². The number of nitrogens with zero attached hydrogens (tertiary/aromatic N) is 1. The molecule has 0 aromatic heterocycles. The van der Waals surface area contributed by atoms with Crippen molar-refractivity contribution in [2.24, 2.45) is 5.92 Å². The molecule has 0 saturated carbocycles. The van der Waals surface area contributed by atoms with Crippen molar-refractivity contribution < 1.29 is 4.74 Å². The van der Waals surface area contributed by atoms with Crippen molar-refractivity contribution in [1.82, 2.24) is 10.2 Å². The predicted octanol–water partition coefficient (Wildman–Crippen LogP) is 2.65. The highest BCUT2D eigenvalue weighted by Crippen LogP contribution is 2.26. The Hall–Kier alpha value is -0.120. The molecule has 0 radical (unpaired) electrons. The molecule has 3 heteroatoms. The van der Waals surface area contributed by atoms with Crippen molar-refractivity contribution >= 4 is 0 Å². The maximum atomic E-state index is 6.18. The molecule has 19 heavy (non-hydrogen) atoms. The van der Waals surface area contributed by atoms with Crippen molar-refractivity contribution in [2.75, 3.05) is 26.2 Å². The summed E-state index contributed by atoms with van der Waals surface area (Å²) in [7, 11) is 0. The third-order valence-electron chi connectivity index (χ3n) is 4.71. The number of nitrogens with one attached hydrogen (secondary N) is 1. The summed E-state index contributed by atoms with van der Waals surface area (Å²) in [4.78, 5) is 2.65. The average Bonchev–Trinajstić information content (AvgIpc) is 2.81. The zero-order chi connectivity index (χ0) is 13.7. The lowest BCUT2D eigenvalue weighted by molar-refractivity contribution is 0.00528. The van der Waals surface area contributed by atoms with E-state index in [1.807, 2.05) is 0 Å². The number of rotatable bonds is 6. The Labute approximate surface area is 119 Å². The fraction of sp³-hybridized carbons (Fsp3) is 1.00. The van der Waals surface area contributed by atoms with E-state index in [0.29, 0.717) is 12.2 Å². The largest absolute Gasteiger partial charge is 0.372 e. The summed E-state index contributed by atoms with van der Waals surface area (Å²) >= 11 is 0. The van der Waals surface area contributed by atoms with Crippen LogP contribution in [-0.4, -0.2) is 49.3 Å². The van der Waals surface area contributed by atoms with E-state index in [-0.39, 0.29) is 0 Å². The van der Waals surface area contributed by atoms with E-state index in [1.54, 1.807) is 0 Å². The Morgan fingerprint density at radius 1 is 1.16 bits per heavy atom. The Kier molecular flexibility index (Phi) is 6.11. The van der Waals surface area contributed by atoms with Gasteiger partial charge in [0.25, 0.3) is 0 Å². The highest BCUT2D eigenvalue weighted by molar-refractivity contribution is 4.83. The Morgan fingerprint density at radius 3 is 2.68 bits per heavy atom. The fourth-order valence-electron chi connectivity index (χ4n) is 3.49. The van der Waals surface area contributed by atoms with Gasteiger partial charge >= 0.3 is 0 Å². The molecular formula is C16H32N2O. The summed E-state index contributed by atoms with van der Waals surface area (Å²) in [6.07, 6.45) is 7.34. The van der Waals surface area contributed by atoms with Gasteiger partial charge in [-0.1, -0.05) is 13.8 Å². The molecule has 0 aromatic rings. The van der Waals surface area contributed by atoms with Crippen LogP contribution in [0.3, 0.4) is 0 Å². The Balaban J connectivity index is 1.67. The Bertz CT molecular complexity index is 259. The van der Waals surface area contributed by atoms with Gasteiger partial charge in [0.2, 0.25) is 0 Å². The van der Waals surface area contributed by atoms with Gasteiger partial charge in [-0.05, 0) is 58.0 Å². The van der Waals surface area contributed by atoms with Gasteiger partial charge in [-0.2, -0.15) is 0 Å². The zero-order valence-corrected chi connectivity index (χ0v) is 13.0. The second-order valence-corrected chi connectivity index (χ2v) is 6.64. The van der Waals surface area contributed by atoms with Crippen LogP contribution in [0.15, 0.2) is 0 Å². The molecule has 2 rings (SSSR count). The van der Waals surface area contributed by atoms with Crippen LogP contribution >= 0.6 is 0 Å². The van der Waals surface area contributed by atoms with Crippen molar-refractivity contribution in [3.05, 3.63) is 0 Å². The lowest BCUT2D eigenvalue weighted by Gasteiger charge is -2.37. The first-order valence-electron chi connectivity index (χ1n) is 8.29. The van der Waals surface area contributed by atoms with E-state index >= 15 is 0 Å². The molecule has 2 heterocycles. The third-order valence-corrected chi connectivity index (χ3v) is 4.71. The summed E-state index contributed by atoms with van der Waals surface area (Å²) < 4.78 is 6.18. The number of piperidine rings is 1. The van der Waals surface area contributed by atoms with Crippen molar-refractivity contribution in [3.8, 4) is 0 Å². The van der Waals surface area contributed by atoms with Crippen LogP contribution in [-0.2, 0) is 4.74 Å². The van der Waals surface area contributed by atoms with Gasteiger partial charge in [0, 0.05) is 19.1 Å². The van der Waals surface area contributed by atoms with Gasteiger partial charge in [0.15, 0.2) is 0 Å². The lowest BCUT2D eigenvalue weighted by Crippen LogP contribution is -2.44. The molecule has 1 N–H and O–H groups in total. The molecule has 4 atom stereocenters. The minimum absolute atomic E-state index is 0.454. The monoisotopic (exact) mass is 268 g/mol. The average molecular weight is 268 g/mol. The molecule has 0 aromatic carbocycles. The zero-order valence-electron chi connectivity index (χ0n) is 13.0. The maximum absolute atomic E-state index is 6.18. The topological polar surface area (TPSA) is 24.5 Å². The van der Waals surface area contributed by atoms with Gasteiger partial charge in [-0.25, -0.2) is 0 Å². The summed E-state index contributed by atoms with van der Waals surface area (Å²) in [5.41, 5.74) is 0. The van der Waals surface area contributed by atoms with Crippen molar-refractivity contribution in [2.45, 2.75) is 71.1 Å². The minimum Gasteiger partial charge on any atom is -0.372 e. The number of ether oxygens (including phenoxy) is 1. The molecular weight excluding hydrogens is 236 g/mol. The first-order valence-corrected chi connectivity index (χ1v) is 8.29. The first kappa shape index (κ1) is 15.3. The molecule has 0 bridgehead atoms. The summed E-state index contributed by atoms with van der Waals surface area (Å²) in [6, 6.07) is 0.740. The molecule has 2 saturated heterocycles. The summed E-state index contributed by atoms with van der Waals surface area (Å²) in [6.45, 7) is 11.5. The van der Waals surface area contributed by atoms with Gasteiger partial charge in [-0.15, -0.1) is 0 Å². The van der Waals surface area contributed by atoms with E-state index < -0.39 is 0 Å². The van der Waals surface area contributed by atoms with Crippen molar-refractivity contribution in [1.29, 1.82) is 0 Å². The molecule has 0 aliphatic carbocycles. The second-order valence-electron chi connectivity index (χ2n) is 6.64. The highest BCUT2D eigenvalue weighted by atomic mass is 16.5. The number of hydrogen-bond acceptors (Lipinski definition) is 3. The van der Waals surface area contributed by atoms with Crippen LogP contribution in [0, 0.1) is 5.92 Å². The third kappa shape index (κ3) is 4.73. The molecule has 2 aliphatic heterocycles. The van der Waals surface area contributed by atoms with Gasteiger partial charge in [0.1, 0.15) is 0 Å². The summed E-state index contributed by atoms with van der Waals surface area (Å²) in [5.74, 6) is 0.904. The van der Waals surface area contributed by atoms with Crippen LogP contribution in [0.5, 0.6) is 0 Å². The quantitative estimate of drug-likeness (QED) is 0.750. The van der Waals surface area contributed by atoms with Crippen LogP contribution < -0.4 is 5.32 Å². The maximum Gasteiger partial charge on any atom is 0.0707 e. The van der Waals surface area contributed by atoms with Crippen molar-refractivity contribution in [3.63, 3.8) is 0 Å². The van der Waals surface area contributed by atoms with Gasteiger partial charge in [0.05, 0.1) is 12.2 Å². The fourth-order valence-corrected chi connectivity index (χ4v) is 3.49. The van der Waals surface area contributed by atoms with Crippen LogP contribution in [0.2, 0.25) is 0 Å². The molecule has 2 fully saturated rings. The molecule has 2 aliphatic rings. The normalized spacial score (nSPS) is 36.8. The van der Waals surface area contributed by atoms with E-state index in [2.05, 4.69) is 31.0 Å². The first-order chi connectivity index (χ1) is 9.19. The molecule has 4 unspecified atom stereocenters. The van der Waals surface area contributed by atoms with Gasteiger partial charge < -0.3 is 10.1 Å². The minimum atomic E-state index is 0.454. The molecule has 112 valence electrons. The van der Waals surface area contributed by atoms with Crippen LogP contribution in [0.4, 0.5) is 0 Å². The highest BCUT2D eigenvalue weighted by Gasteiger charge is 2.30. The standard InChI is InChI=1S/C16H32N2O/c1-4-8-17-11-15-5-6-16(19-15)12-18-9-7-13(2)10-14(18)3/h13-17H,4-12H2,1-3H3. The lowest BCUT2D eigenvalue weighted by atomic mass is 9.93. The predicted molar refractivity (Wildman–Crippen MR) is 80.5 cm³/mol. The SMILES string of the molecule is CCCNCC1CCC(CN2CCC(C)CC2C)O1. The van der Waals surface area contributed by atoms with Crippen LogP contribution in [0.25, 0.3) is 0 Å². The smallest absolute Gasteiger partial charge is 0.0707 e. The van der Waals surface area contributed by atoms with E-state index in [1.165, 1.54) is 38.6 Å². The number of hydrogen-bond donors (Lipinski definition) is 1. The second kappa shape index (κ2) is 7.61.